The molecule has 2 unspecified atom stereocenters. The maximum Gasteiger partial charge on any atom is 0.307 e. The smallest absolute Gasteiger partial charge is 0.307 e. The number of aromatic amines is 1. The number of fused-ring (bicyclic) bond motifs is 1. The van der Waals surface area contributed by atoms with Gasteiger partial charge in [-0.25, -0.2) is 4.98 Å². The summed E-state index contributed by atoms with van der Waals surface area (Å²) in [5, 5.41) is 9.80. The number of carboxylic acid groups (broad SMARTS) is 1. The number of imidazole rings is 1. The lowest BCUT2D eigenvalue weighted by Gasteiger charge is -2.12. The molecule has 3 rings (SSSR count). The summed E-state index contributed by atoms with van der Waals surface area (Å²) in [6, 6.07) is 5.55. The van der Waals surface area contributed by atoms with Crippen LogP contribution in [0.4, 0.5) is 0 Å². The van der Waals surface area contributed by atoms with Crippen LogP contribution in [0.3, 0.4) is 0 Å². The fourth-order valence-corrected chi connectivity index (χ4v) is 2.99. The predicted octanol–water partition coefficient (Wildman–Crippen LogP) is 3.18. The van der Waals surface area contributed by atoms with Crippen LogP contribution < -0.4 is 0 Å². The third kappa shape index (κ3) is 1.77. The zero-order valence-corrected chi connectivity index (χ0v) is 10.4. The van der Waals surface area contributed by atoms with Gasteiger partial charge in [-0.15, -0.1) is 0 Å². The average Bonchev–Trinajstić information content (AvgIpc) is 2.95. The van der Waals surface area contributed by atoms with Gasteiger partial charge in [-0.05, 0) is 25.0 Å². The molecule has 1 fully saturated rings. The Labute approximate surface area is 109 Å². The summed E-state index contributed by atoms with van der Waals surface area (Å²) in [5.74, 6) is -0.331. The maximum absolute atomic E-state index is 11.2. The molecule has 0 radical (unpaired) electrons. The molecule has 0 aliphatic heterocycles. The van der Waals surface area contributed by atoms with Crippen molar-refractivity contribution in [3.8, 4) is 0 Å². The van der Waals surface area contributed by atoms with Gasteiger partial charge in [0.15, 0.2) is 0 Å². The van der Waals surface area contributed by atoms with E-state index < -0.39 is 5.97 Å². The molecule has 0 amide bonds. The summed E-state index contributed by atoms with van der Waals surface area (Å²) < 4.78 is 0. The Morgan fingerprint density at radius 2 is 2.28 bits per heavy atom. The molecule has 5 heteroatoms. The molecule has 0 spiro atoms. The van der Waals surface area contributed by atoms with E-state index >= 15 is 0 Å². The summed E-state index contributed by atoms with van der Waals surface area (Å²) in [5.41, 5.74) is 1.60. The van der Waals surface area contributed by atoms with Crippen molar-refractivity contribution in [3.63, 3.8) is 0 Å². The lowest BCUT2D eigenvalue weighted by molar-refractivity contribution is -0.142. The fourth-order valence-electron chi connectivity index (χ4n) is 2.77. The zero-order valence-electron chi connectivity index (χ0n) is 9.69. The highest BCUT2D eigenvalue weighted by Crippen LogP contribution is 2.39. The second-order valence-corrected chi connectivity index (χ2v) is 5.15. The van der Waals surface area contributed by atoms with Crippen molar-refractivity contribution < 1.29 is 9.90 Å². The molecule has 1 aromatic carbocycles. The summed E-state index contributed by atoms with van der Waals surface area (Å²) in [4.78, 5) is 18.9. The van der Waals surface area contributed by atoms with E-state index in [9.17, 15) is 9.90 Å². The van der Waals surface area contributed by atoms with E-state index in [2.05, 4.69) is 9.97 Å². The van der Waals surface area contributed by atoms with E-state index in [1.54, 1.807) is 6.07 Å². The SMILES string of the molecule is O=C(O)C1CCCC1c1nc2c(Cl)cccc2[nH]1. The number of hydrogen-bond donors (Lipinski definition) is 2. The van der Waals surface area contributed by atoms with E-state index in [1.807, 2.05) is 12.1 Å². The van der Waals surface area contributed by atoms with Gasteiger partial charge in [0.1, 0.15) is 11.3 Å². The van der Waals surface area contributed by atoms with Gasteiger partial charge >= 0.3 is 5.97 Å². The first-order valence-corrected chi connectivity index (χ1v) is 6.41. The van der Waals surface area contributed by atoms with Crippen LogP contribution >= 0.6 is 11.6 Å². The molecule has 0 bridgehead atoms. The van der Waals surface area contributed by atoms with Crippen LogP contribution in [0.15, 0.2) is 18.2 Å². The molecule has 1 aliphatic carbocycles. The number of carbonyl (C=O) groups is 1. The minimum absolute atomic E-state index is 0.0223. The Morgan fingerprint density at radius 1 is 1.44 bits per heavy atom. The fraction of sp³-hybridized carbons (Fsp3) is 0.385. The number of aromatic nitrogens is 2. The molecule has 1 aliphatic rings. The standard InChI is InChI=1S/C13H13ClN2O2/c14-9-5-2-6-10-11(9)16-12(15-10)7-3-1-4-8(7)13(17)18/h2,5-8H,1,3-4H2,(H,15,16)(H,17,18). The Hall–Kier alpha value is -1.55. The van der Waals surface area contributed by atoms with Gasteiger partial charge in [0, 0.05) is 5.92 Å². The van der Waals surface area contributed by atoms with E-state index in [1.165, 1.54) is 0 Å². The van der Waals surface area contributed by atoms with Crippen LogP contribution in [0, 0.1) is 5.92 Å². The number of hydrogen-bond acceptors (Lipinski definition) is 2. The Kier molecular flexibility index (Phi) is 2.74. The van der Waals surface area contributed by atoms with Crippen LogP contribution in [0.25, 0.3) is 11.0 Å². The molecule has 2 N–H and O–H groups in total. The number of rotatable bonds is 2. The summed E-state index contributed by atoms with van der Waals surface area (Å²) in [6.07, 6.45) is 2.53. The molecule has 94 valence electrons. The van der Waals surface area contributed by atoms with Crippen molar-refractivity contribution in [2.45, 2.75) is 25.2 Å². The average molecular weight is 265 g/mol. The quantitative estimate of drug-likeness (QED) is 0.875. The van der Waals surface area contributed by atoms with Gasteiger partial charge in [-0.2, -0.15) is 0 Å². The molecule has 4 nitrogen and oxygen atoms in total. The first kappa shape index (κ1) is 11.5. The van der Waals surface area contributed by atoms with Gasteiger partial charge in [0.2, 0.25) is 0 Å². The van der Waals surface area contributed by atoms with Crippen molar-refractivity contribution in [2.75, 3.05) is 0 Å². The number of nitrogens with one attached hydrogen (secondary N) is 1. The van der Waals surface area contributed by atoms with Gasteiger partial charge < -0.3 is 10.1 Å². The Balaban J connectivity index is 2.04. The Morgan fingerprint density at radius 3 is 3.00 bits per heavy atom. The molecule has 0 saturated heterocycles. The number of aliphatic carboxylic acids is 1. The highest BCUT2D eigenvalue weighted by atomic mass is 35.5. The molecule has 1 aromatic heterocycles. The van der Waals surface area contributed by atoms with E-state index in [0.29, 0.717) is 5.02 Å². The normalized spacial score (nSPS) is 23.6. The number of carboxylic acids is 1. The molecule has 1 heterocycles. The van der Waals surface area contributed by atoms with E-state index in [0.717, 1.165) is 36.1 Å². The second kappa shape index (κ2) is 4.28. The van der Waals surface area contributed by atoms with Gasteiger partial charge in [0.05, 0.1) is 16.5 Å². The first-order valence-electron chi connectivity index (χ1n) is 6.04. The maximum atomic E-state index is 11.2. The number of benzene rings is 1. The lowest BCUT2D eigenvalue weighted by Crippen LogP contribution is -2.17. The van der Waals surface area contributed by atoms with Crippen LogP contribution in [-0.4, -0.2) is 21.0 Å². The number of halogens is 1. The number of nitrogens with zero attached hydrogens (tertiary/aromatic N) is 1. The molecule has 1 saturated carbocycles. The van der Waals surface area contributed by atoms with Crippen LogP contribution in [0.5, 0.6) is 0 Å². The van der Waals surface area contributed by atoms with Crippen LogP contribution in [-0.2, 0) is 4.79 Å². The van der Waals surface area contributed by atoms with Crippen molar-refractivity contribution in [3.05, 3.63) is 29.0 Å². The minimum atomic E-state index is -0.732. The summed E-state index contributed by atoms with van der Waals surface area (Å²) in [6.45, 7) is 0. The van der Waals surface area contributed by atoms with Crippen molar-refractivity contribution in [2.24, 2.45) is 5.92 Å². The largest absolute Gasteiger partial charge is 0.481 e. The van der Waals surface area contributed by atoms with Gasteiger partial charge in [-0.3, -0.25) is 4.79 Å². The van der Waals surface area contributed by atoms with Crippen LogP contribution in [0.2, 0.25) is 5.02 Å². The molecule has 18 heavy (non-hydrogen) atoms. The number of para-hydroxylation sites is 1. The topological polar surface area (TPSA) is 66.0 Å². The van der Waals surface area contributed by atoms with Crippen molar-refractivity contribution >= 4 is 28.6 Å². The molecular weight excluding hydrogens is 252 g/mol. The lowest BCUT2D eigenvalue weighted by atomic mass is 9.96. The van der Waals surface area contributed by atoms with Crippen molar-refractivity contribution in [1.82, 2.24) is 9.97 Å². The van der Waals surface area contributed by atoms with Gasteiger partial charge in [0.25, 0.3) is 0 Å². The number of H-pyrrole nitrogens is 1. The van der Waals surface area contributed by atoms with Crippen molar-refractivity contribution in [1.29, 1.82) is 0 Å². The van der Waals surface area contributed by atoms with Crippen LogP contribution in [0.1, 0.15) is 31.0 Å². The highest BCUT2D eigenvalue weighted by Gasteiger charge is 2.35. The molecule has 2 atom stereocenters. The third-order valence-electron chi connectivity index (χ3n) is 3.67. The third-order valence-corrected chi connectivity index (χ3v) is 3.97. The van der Waals surface area contributed by atoms with Gasteiger partial charge in [-0.1, -0.05) is 24.1 Å². The monoisotopic (exact) mass is 264 g/mol. The summed E-state index contributed by atoms with van der Waals surface area (Å²) >= 11 is 6.08. The second-order valence-electron chi connectivity index (χ2n) is 4.74. The first-order chi connectivity index (χ1) is 8.66. The van der Waals surface area contributed by atoms with E-state index in [4.69, 9.17) is 11.6 Å². The highest BCUT2D eigenvalue weighted by molar-refractivity contribution is 6.34. The predicted molar refractivity (Wildman–Crippen MR) is 68.8 cm³/mol. The molecule has 2 aromatic rings. The molecular formula is C13H13ClN2O2. The Bertz CT molecular complexity index is 608. The minimum Gasteiger partial charge on any atom is -0.481 e. The summed E-state index contributed by atoms with van der Waals surface area (Å²) in [7, 11) is 0. The van der Waals surface area contributed by atoms with E-state index in [-0.39, 0.29) is 11.8 Å². The zero-order chi connectivity index (χ0) is 12.7.